The third-order valence-electron chi connectivity index (χ3n) is 4.73. The fraction of sp³-hybridized carbons (Fsp3) is 0.227. The van der Waals surface area contributed by atoms with Crippen LogP contribution in [0.1, 0.15) is 13.8 Å². The lowest BCUT2D eigenvalue weighted by Crippen LogP contribution is -2.47. The Morgan fingerprint density at radius 2 is 1.88 bits per heavy atom. The van der Waals surface area contributed by atoms with E-state index in [-0.39, 0.29) is 28.4 Å². The van der Waals surface area contributed by atoms with Crippen molar-refractivity contribution < 1.29 is 9.59 Å². The van der Waals surface area contributed by atoms with E-state index in [9.17, 15) is 14.4 Å². The van der Waals surface area contributed by atoms with E-state index < -0.39 is 0 Å². The number of carbonyl (C=O) groups is 2. The second kappa shape index (κ2) is 9.58. The Morgan fingerprint density at radius 3 is 2.62 bits per heavy atom. The van der Waals surface area contributed by atoms with Gasteiger partial charge in [0, 0.05) is 6.54 Å². The highest BCUT2D eigenvalue weighted by molar-refractivity contribution is 8.15. The summed E-state index contributed by atoms with van der Waals surface area (Å²) in [6, 6.07) is 16.4. The van der Waals surface area contributed by atoms with Crippen LogP contribution in [0.2, 0.25) is 0 Å². The molecule has 8 nitrogen and oxygen atoms in total. The van der Waals surface area contributed by atoms with E-state index in [0.717, 1.165) is 11.8 Å². The van der Waals surface area contributed by atoms with Crippen LogP contribution in [0.5, 0.6) is 0 Å². The lowest BCUT2D eigenvalue weighted by molar-refractivity contribution is -0.134. The standard InChI is InChI=1S/C22H21N5O3S2/c1-3-26-20(30)16-11-7-8-12-17(16)24-21(26)31-13-18(28)25-27-19(29)14(2)32-22(27)23-15-9-5-4-6-10-15/h4-12,14H,3,13H2,1-2H3,(H,25,28). The van der Waals surface area contributed by atoms with Crippen molar-refractivity contribution in [1.82, 2.24) is 20.0 Å². The Morgan fingerprint density at radius 1 is 1.16 bits per heavy atom. The Labute approximate surface area is 193 Å². The number of nitrogens with zero attached hydrogens (tertiary/aromatic N) is 4. The summed E-state index contributed by atoms with van der Waals surface area (Å²) in [4.78, 5) is 47.0. The molecule has 1 N–H and O–H groups in total. The van der Waals surface area contributed by atoms with Gasteiger partial charge in [-0.2, -0.15) is 5.01 Å². The molecule has 1 saturated heterocycles. The highest BCUT2D eigenvalue weighted by Gasteiger charge is 2.36. The molecular formula is C22H21N5O3S2. The maximum Gasteiger partial charge on any atom is 0.262 e. The number of rotatable bonds is 6. The Kier molecular flexibility index (Phi) is 6.61. The van der Waals surface area contributed by atoms with E-state index in [1.165, 1.54) is 16.8 Å². The van der Waals surface area contributed by atoms with E-state index >= 15 is 0 Å². The molecule has 2 amide bonds. The summed E-state index contributed by atoms with van der Waals surface area (Å²) >= 11 is 2.44. The second-order valence-corrected chi connectivity index (χ2v) is 9.20. The molecule has 4 rings (SSSR count). The number of aliphatic imine (C=N–C) groups is 1. The van der Waals surface area contributed by atoms with Crippen LogP contribution in [0.3, 0.4) is 0 Å². The molecular weight excluding hydrogens is 446 g/mol. The monoisotopic (exact) mass is 467 g/mol. The minimum atomic E-state index is -0.385. The molecule has 0 spiro atoms. The van der Waals surface area contributed by atoms with Crippen molar-refractivity contribution in [3.63, 3.8) is 0 Å². The van der Waals surface area contributed by atoms with Crippen molar-refractivity contribution in [3.8, 4) is 0 Å². The van der Waals surface area contributed by atoms with Gasteiger partial charge in [0.2, 0.25) is 5.91 Å². The van der Waals surface area contributed by atoms with E-state index in [2.05, 4.69) is 15.4 Å². The van der Waals surface area contributed by atoms with E-state index in [1.807, 2.05) is 43.3 Å². The maximum absolute atomic E-state index is 12.7. The van der Waals surface area contributed by atoms with Crippen molar-refractivity contribution in [2.75, 3.05) is 5.75 Å². The highest BCUT2D eigenvalue weighted by Crippen LogP contribution is 2.28. The summed E-state index contributed by atoms with van der Waals surface area (Å²) < 4.78 is 1.54. The minimum absolute atomic E-state index is 0.00771. The van der Waals surface area contributed by atoms with Gasteiger partial charge in [0.05, 0.1) is 27.6 Å². The first-order valence-corrected chi connectivity index (χ1v) is 11.9. The number of hydrogen-bond acceptors (Lipinski definition) is 7. The molecule has 0 aliphatic carbocycles. The van der Waals surface area contributed by atoms with Crippen molar-refractivity contribution in [2.24, 2.45) is 4.99 Å². The van der Waals surface area contributed by atoms with Crippen molar-refractivity contribution >= 4 is 57.1 Å². The third-order valence-corrected chi connectivity index (χ3v) is 6.75. The molecule has 2 heterocycles. The summed E-state index contributed by atoms with van der Waals surface area (Å²) in [6.07, 6.45) is 0. The Hall–Kier alpha value is -3.11. The molecule has 1 aliphatic heterocycles. The smallest absolute Gasteiger partial charge is 0.262 e. The predicted molar refractivity (Wildman–Crippen MR) is 128 cm³/mol. The number of aromatic nitrogens is 2. The van der Waals surface area contributed by atoms with Gasteiger partial charge in [-0.05, 0) is 38.1 Å². The van der Waals surface area contributed by atoms with Crippen molar-refractivity contribution in [3.05, 3.63) is 65.0 Å². The first-order valence-electron chi connectivity index (χ1n) is 10.0. The number of hydrazine groups is 1. The number of fused-ring (bicyclic) bond motifs is 1. The van der Waals surface area contributed by atoms with Crippen LogP contribution in [0.25, 0.3) is 10.9 Å². The number of hydrogen-bond donors (Lipinski definition) is 1. The number of carbonyl (C=O) groups excluding carboxylic acids is 2. The molecule has 1 atom stereocenters. The first-order chi connectivity index (χ1) is 15.5. The Balaban J connectivity index is 1.50. The fourth-order valence-corrected chi connectivity index (χ4v) is 4.93. The maximum atomic E-state index is 12.7. The number of amidine groups is 1. The van der Waals surface area contributed by atoms with Crippen LogP contribution in [0, 0.1) is 0 Å². The number of nitrogens with one attached hydrogen (secondary N) is 1. The number of para-hydroxylation sites is 2. The molecule has 1 aromatic heterocycles. The van der Waals surface area contributed by atoms with Gasteiger partial charge < -0.3 is 0 Å². The molecule has 0 bridgehead atoms. The van der Waals surface area contributed by atoms with Gasteiger partial charge in [-0.3, -0.25) is 24.4 Å². The topological polar surface area (TPSA) is 96.7 Å². The number of thioether (sulfide) groups is 2. The molecule has 1 fully saturated rings. The summed E-state index contributed by atoms with van der Waals surface area (Å²) in [5.41, 5.74) is 3.78. The third kappa shape index (κ3) is 4.56. The quantitative estimate of drug-likeness (QED) is 0.442. The summed E-state index contributed by atoms with van der Waals surface area (Å²) in [5, 5.41) is 2.27. The summed E-state index contributed by atoms with van der Waals surface area (Å²) in [7, 11) is 0. The zero-order valence-corrected chi connectivity index (χ0v) is 19.2. The molecule has 1 unspecified atom stereocenters. The van der Waals surface area contributed by atoms with Crippen molar-refractivity contribution in [1.29, 1.82) is 0 Å². The van der Waals surface area contributed by atoms with E-state index in [4.69, 9.17) is 0 Å². The van der Waals surface area contributed by atoms with Gasteiger partial charge in [-0.1, -0.05) is 53.9 Å². The molecule has 3 aromatic rings. The molecule has 0 saturated carbocycles. The largest absolute Gasteiger partial charge is 0.287 e. The van der Waals surface area contributed by atoms with Crippen molar-refractivity contribution in [2.45, 2.75) is 30.8 Å². The Bertz CT molecular complexity index is 1260. The van der Waals surface area contributed by atoms with Gasteiger partial charge in [-0.15, -0.1) is 0 Å². The average molecular weight is 468 g/mol. The van der Waals surface area contributed by atoms with Crippen LogP contribution < -0.4 is 11.0 Å². The van der Waals surface area contributed by atoms with Crippen LogP contribution in [-0.4, -0.2) is 42.5 Å². The van der Waals surface area contributed by atoms with Crippen LogP contribution in [0.4, 0.5) is 5.69 Å². The zero-order valence-electron chi connectivity index (χ0n) is 17.5. The zero-order chi connectivity index (χ0) is 22.7. The highest BCUT2D eigenvalue weighted by atomic mass is 32.2. The first kappa shape index (κ1) is 22.1. The fourth-order valence-electron chi connectivity index (χ4n) is 3.15. The van der Waals surface area contributed by atoms with Gasteiger partial charge in [0.25, 0.3) is 11.5 Å². The predicted octanol–water partition coefficient (Wildman–Crippen LogP) is 3.19. The van der Waals surface area contributed by atoms with Gasteiger partial charge >= 0.3 is 0 Å². The lowest BCUT2D eigenvalue weighted by Gasteiger charge is -2.17. The minimum Gasteiger partial charge on any atom is -0.287 e. The van der Waals surface area contributed by atoms with Crippen LogP contribution >= 0.6 is 23.5 Å². The summed E-state index contributed by atoms with van der Waals surface area (Å²) in [5.74, 6) is -0.632. The van der Waals surface area contributed by atoms with Crippen LogP contribution in [0.15, 0.2) is 69.5 Å². The van der Waals surface area contributed by atoms with Crippen LogP contribution in [-0.2, 0) is 16.1 Å². The van der Waals surface area contributed by atoms with E-state index in [1.54, 1.807) is 29.7 Å². The molecule has 2 aromatic carbocycles. The lowest BCUT2D eigenvalue weighted by atomic mass is 10.2. The molecule has 32 heavy (non-hydrogen) atoms. The molecule has 1 aliphatic rings. The van der Waals surface area contributed by atoms with Gasteiger partial charge in [-0.25, -0.2) is 9.98 Å². The number of benzene rings is 2. The summed E-state index contributed by atoms with van der Waals surface area (Å²) in [6.45, 7) is 4.07. The second-order valence-electron chi connectivity index (χ2n) is 6.95. The van der Waals surface area contributed by atoms with Gasteiger partial charge in [0.15, 0.2) is 10.3 Å². The molecule has 0 radical (unpaired) electrons. The average Bonchev–Trinajstić information content (AvgIpc) is 3.06. The molecule has 10 heteroatoms. The van der Waals surface area contributed by atoms with E-state index in [0.29, 0.717) is 33.5 Å². The number of amides is 2. The molecule has 164 valence electrons. The van der Waals surface area contributed by atoms with Gasteiger partial charge in [0.1, 0.15) is 0 Å². The SMILES string of the molecule is CCn1c(SCC(=O)NN2C(=O)C(C)SC2=Nc2ccccc2)nc2ccccc2c1=O. The normalized spacial score (nSPS) is 17.3.